The average Bonchev–Trinajstić information content (AvgIpc) is 2.86. The molecule has 0 saturated carbocycles. The van der Waals surface area contributed by atoms with Gasteiger partial charge in [0.2, 0.25) is 0 Å². The lowest BCUT2D eigenvalue weighted by atomic mass is 10.0. The van der Waals surface area contributed by atoms with Crippen molar-refractivity contribution in [1.29, 1.82) is 0 Å². The van der Waals surface area contributed by atoms with E-state index >= 15 is 0 Å². The third-order valence-electron chi connectivity index (χ3n) is 2.92. The number of aromatic nitrogens is 1. The molecule has 2 nitrogen and oxygen atoms in total. The van der Waals surface area contributed by atoms with Gasteiger partial charge in [0.25, 0.3) is 0 Å². The number of carbonyl (C=O) groups is 1. The van der Waals surface area contributed by atoms with Crippen LogP contribution in [0.2, 0.25) is 5.02 Å². The number of fused-ring (bicyclic) bond motifs is 1. The van der Waals surface area contributed by atoms with E-state index in [2.05, 4.69) is 4.98 Å². The minimum Gasteiger partial charge on any atom is -0.361 e. The van der Waals surface area contributed by atoms with Crippen LogP contribution in [-0.2, 0) is 0 Å². The summed E-state index contributed by atoms with van der Waals surface area (Å²) in [6.45, 7) is 0. The smallest absolute Gasteiger partial charge is 0.195 e. The Morgan fingerprint density at radius 1 is 1.06 bits per heavy atom. The van der Waals surface area contributed by atoms with Crippen molar-refractivity contribution in [3.63, 3.8) is 0 Å². The summed E-state index contributed by atoms with van der Waals surface area (Å²) in [6.07, 6.45) is 1.83. The zero-order valence-electron chi connectivity index (χ0n) is 9.48. The van der Waals surface area contributed by atoms with E-state index in [-0.39, 0.29) is 5.78 Å². The van der Waals surface area contributed by atoms with Gasteiger partial charge in [0.05, 0.1) is 5.52 Å². The lowest BCUT2D eigenvalue weighted by molar-refractivity contribution is 0.104. The monoisotopic (exact) mass is 255 g/mol. The molecule has 0 bridgehead atoms. The zero-order valence-corrected chi connectivity index (χ0v) is 10.2. The molecule has 1 heterocycles. The molecule has 0 amide bonds. The summed E-state index contributed by atoms with van der Waals surface area (Å²) in [5.41, 5.74) is 2.13. The first kappa shape index (κ1) is 11.1. The second-order valence-corrected chi connectivity index (χ2v) is 4.52. The molecular formula is C15H10ClNO. The quantitative estimate of drug-likeness (QED) is 0.689. The van der Waals surface area contributed by atoms with Crippen LogP contribution in [0, 0.1) is 0 Å². The molecule has 0 saturated heterocycles. The molecule has 0 aliphatic heterocycles. The van der Waals surface area contributed by atoms with E-state index in [1.54, 1.807) is 24.3 Å². The van der Waals surface area contributed by atoms with Crippen molar-refractivity contribution in [2.24, 2.45) is 0 Å². The minimum atomic E-state index is -0.0226. The maximum Gasteiger partial charge on any atom is 0.195 e. The second kappa shape index (κ2) is 4.31. The molecule has 2 aromatic carbocycles. The van der Waals surface area contributed by atoms with E-state index in [0.29, 0.717) is 16.1 Å². The van der Waals surface area contributed by atoms with Gasteiger partial charge >= 0.3 is 0 Å². The molecule has 0 aliphatic rings. The standard InChI is InChI=1S/C15H10ClNO/c16-12-5-1-4-11(9-12)15(18)13-6-2-3-10-7-8-17-14(10)13/h1-9,17H. The number of carbonyl (C=O) groups excluding carboxylic acids is 1. The first-order valence-electron chi connectivity index (χ1n) is 5.62. The lowest BCUT2D eigenvalue weighted by Crippen LogP contribution is -2.01. The molecule has 0 aliphatic carbocycles. The zero-order chi connectivity index (χ0) is 12.5. The number of benzene rings is 2. The molecule has 0 fully saturated rings. The Hall–Kier alpha value is -2.06. The third-order valence-corrected chi connectivity index (χ3v) is 3.15. The van der Waals surface area contributed by atoms with Gasteiger partial charge in [0, 0.05) is 27.7 Å². The van der Waals surface area contributed by atoms with Crippen molar-refractivity contribution in [3.05, 3.63) is 70.9 Å². The number of rotatable bonds is 2. The Balaban J connectivity index is 2.15. The summed E-state index contributed by atoms with van der Waals surface area (Å²) >= 11 is 5.91. The van der Waals surface area contributed by atoms with Gasteiger partial charge in [-0.05, 0) is 24.3 Å². The maximum absolute atomic E-state index is 12.4. The number of halogens is 1. The van der Waals surface area contributed by atoms with Crippen molar-refractivity contribution in [3.8, 4) is 0 Å². The largest absolute Gasteiger partial charge is 0.361 e. The molecule has 0 atom stereocenters. The number of nitrogens with one attached hydrogen (secondary N) is 1. The third kappa shape index (κ3) is 1.81. The van der Waals surface area contributed by atoms with E-state index in [1.165, 1.54) is 0 Å². The highest BCUT2D eigenvalue weighted by Gasteiger charge is 2.13. The summed E-state index contributed by atoms with van der Waals surface area (Å²) in [6, 6.07) is 14.6. The number of H-pyrrole nitrogens is 1. The summed E-state index contributed by atoms with van der Waals surface area (Å²) < 4.78 is 0. The van der Waals surface area contributed by atoms with E-state index < -0.39 is 0 Å². The van der Waals surface area contributed by atoms with Gasteiger partial charge in [-0.15, -0.1) is 0 Å². The number of hydrogen-bond acceptors (Lipinski definition) is 1. The van der Waals surface area contributed by atoms with Crippen molar-refractivity contribution in [1.82, 2.24) is 4.98 Å². The number of ketones is 1. The molecule has 1 N–H and O–H groups in total. The van der Waals surface area contributed by atoms with Gasteiger partial charge in [-0.1, -0.05) is 35.9 Å². The highest BCUT2D eigenvalue weighted by Crippen LogP contribution is 2.21. The van der Waals surface area contributed by atoms with Crippen LogP contribution >= 0.6 is 11.6 Å². The van der Waals surface area contributed by atoms with E-state index in [9.17, 15) is 4.79 Å². The summed E-state index contributed by atoms with van der Waals surface area (Å²) in [5, 5.41) is 1.60. The predicted molar refractivity (Wildman–Crippen MR) is 73.2 cm³/mol. The minimum absolute atomic E-state index is 0.0226. The van der Waals surface area contributed by atoms with Crippen LogP contribution in [0.25, 0.3) is 10.9 Å². The van der Waals surface area contributed by atoms with Crippen LogP contribution < -0.4 is 0 Å². The van der Waals surface area contributed by atoms with Crippen LogP contribution in [0.5, 0.6) is 0 Å². The Labute approximate surface area is 109 Å². The fraction of sp³-hybridized carbons (Fsp3) is 0. The molecular weight excluding hydrogens is 246 g/mol. The normalized spacial score (nSPS) is 10.7. The molecule has 3 heteroatoms. The fourth-order valence-electron chi connectivity index (χ4n) is 2.06. The molecule has 88 valence electrons. The van der Waals surface area contributed by atoms with Crippen molar-refractivity contribution in [2.75, 3.05) is 0 Å². The Morgan fingerprint density at radius 3 is 2.72 bits per heavy atom. The molecule has 0 unspecified atom stereocenters. The number of para-hydroxylation sites is 1. The van der Waals surface area contributed by atoms with E-state index in [0.717, 1.165) is 10.9 Å². The second-order valence-electron chi connectivity index (χ2n) is 4.09. The summed E-state index contributed by atoms with van der Waals surface area (Å²) in [7, 11) is 0. The fourth-order valence-corrected chi connectivity index (χ4v) is 2.25. The Kier molecular flexibility index (Phi) is 2.65. The molecule has 3 rings (SSSR count). The molecule has 3 aromatic rings. The lowest BCUT2D eigenvalue weighted by Gasteiger charge is -2.03. The highest BCUT2D eigenvalue weighted by atomic mass is 35.5. The highest BCUT2D eigenvalue weighted by molar-refractivity contribution is 6.31. The van der Waals surface area contributed by atoms with Gasteiger partial charge in [0.1, 0.15) is 0 Å². The van der Waals surface area contributed by atoms with Gasteiger partial charge in [-0.3, -0.25) is 4.79 Å². The van der Waals surface area contributed by atoms with E-state index in [4.69, 9.17) is 11.6 Å². The topological polar surface area (TPSA) is 32.9 Å². The van der Waals surface area contributed by atoms with Crippen LogP contribution in [0.15, 0.2) is 54.7 Å². The Morgan fingerprint density at radius 2 is 1.89 bits per heavy atom. The van der Waals surface area contributed by atoms with Gasteiger partial charge in [-0.25, -0.2) is 0 Å². The van der Waals surface area contributed by atoms with Crippen LogP contribution in [0.3, 0.4) is 0 Å². The van der Waals surface area contributed by atoms with Gasteiger partial charge in [0.15, 0.2) is 5.78 Å². The molecule has 1 aromatic heterocycles. The van der Waals surface area contributed by atoms with Crippen LogP contribution in [0.4, 0.5) is 0 Å². The van der Waals surface area contributed by atoms with E-state index in [1.807, 2.05) is 30.5 Å². The summed E-state index contributed by atoms with van der Waals surface area (Å²) in [5.74, 6) is -0.0226. The predicted octanol–water partition coefficient (Wildman–Crippen LogP) is 4.05. The summed E-state index contributed by atoms with van der Waals surface area (Å²) in [4.78, 5) is 15.5. The molecule has 18 heavy (non-hydrogen) atoms. The van der Waals surface area contributed by atoms with Crippen molar-refractivity contribution < 1.29 is 4.79 Å². The molecule has 0 spiro atoms. The number of aromatic amines is 1. The van der Waals surface area contributed by atoms with Crippen LogP contribution in [-0.4, -0.2) is 10.8 Å². The van der Waals surface area contributed by atoms with Gasteiger partial charge in [-0.2, -0.15) is 0 Å². The average molecular weight is 256 g/mol. The first-order chi connectivity index (χ1) is 8.75. The van der Waals surface area contributed by atoms with Crippen molar-refractivity contribution >= 4 is 28.3 Å². The maximum atomic E-state index is 12.4. The van der Waals surface area contributed by atoms with Gasteiger partial charge < -0.3 is 4.98 Å². The molecule has 0 radical (unpaired) electrons. The Bertz CT molecular complexity index is 730. The number of hydrogen-bond donors (Lipinski definition) is 1. The SMILES string of the molecule is O=C(c1cccc(Cl)c1)c1cccc2cc[nH]c12. The first-order valence-corrected chi connectivity index (χ1v) is 6.00. The van der Waals surface area contributed by atoms with Crippen LogP contribution in [0.1, 0.15) is 15.9 Å². The van der Waals surface area contributed by atoms with Crippen molar-refractivity contribution in [2.45, 2.75) is 0 Å².